The summed E-state index contributed by atoms with van der Waals surface area (Å²) >= 11 is 0. The molecule has 0 aromatic heterocycles. The largest absolute Gasteiger partial charge is 0.478 e. The summed E-state index contributed by atoms with van der Waals surface area (Å²) in [6, 6.07) is 5.46. The molecule has 3 unspecified atom stereocenters. The second kappa shape index (κ2) is 10.8. The number of rotatable bonds is 11. The van der Waals surface area contributed by atoms with Crippen LogP contribution in [0.3, 0.4) is 0 Å². The lowest BCUT2D eigenvalue weighted by Crippen LogP contribution is -2.28. The molecule has 0 amide bonds. The molecule has 0 aliphatic heterocycles. The number of carbonyl (C=O) groups excluding carboxylic acids is 1. The number of esters is 1. The van der Waals surface area contributed by atoms with E-state index in [2.05, 4.69) is 6.92 Å². The summed E-state index contributed by atoms with van der Waals surface area (Å²) in [4.78, 5) is 22.8. The smallest absolute Gasteiger partial charge is 0.340 e. The van der Waals surface area contributed by atoms with Crippen molar-refractivity contribution in [2.45, 2.75) is 59.4 Å². The number of unbranched alkanes of at least 4 members (excludes halogenated alkanes) is 1. The zero-order chi connectivity index (χ0) is 18.8. The fourth-order valence-electron chi connectivity index (χ4n) is 2.00. The van der Waals surface area contributed by atoms with Gasteiger partial charge in [0, 0.05) is 6.61 Å². The average molecular weight is 354 g/mol. The summed E-state index contributed by atoms with van der Waals surface area (Å²) in [5.41, 5.74) is 0.338. The summed E-state index contributed by atoms with van der Waals surface area (Å²) in [5.74, 6) is -1.67. The maximum absolute atomic E-state index is 12.0. The first-order chi connectivity index (χ1) is 11.8. The highest BCUT2D eigenvalue weighted by atomic mass is 16.8. The summed E-state index contributed by atoms with van der Waals surface area (Å²) in [6.07, 6.45) is 0.128. The van der Waals surface area contributed by atoms with E-state index in [-0.39, 0.29) is 11.1 Å². The molecule has 0 bridgehead atoms. The molecule has 1 aromatic rings. The molecule has 0 heterocycles. The molecule has 0 aliphatic rings. The zero-order valence-electron chi connectivity index (χ0n) is 15.1. The number of benzene rings is 1. The number of carboxylic acid groups (broad SMARTS) is 1. The van der Waals surface area contributed by atoms with Crippen molar-refractivity contribution in [1.82, 2.24) is 0 Å². The van der Waals surface area contributed by atoms with E-state index in [0.29, 0.717) is 6.61 Å². The van der Waals surface area contributed by atoms with Crippen molar-refractivity contribution in [3.05, 3.63) is 35.4 Å². The third-order valence-electron chi connectivity index (χ3n) is 3.26. The number of hydrogen-bond acceptors (Lipinski definition) is 6. The Labute approximate surface area is 147 Å². The molecule has 0 radical (unpaired) electrons. The van der Waals surface area contributed by atoms with Crippen molar-refractivity contribution in [3.8, 4) is 0 Å². The van der Waals surface area contributed by atoms with Crippen LogP contribution in [-0.2, 0) is 18.9 Å². The van der Waals surface area contributed by atoms with Gasteiger partial charge in [-0.25, -0.2) is 9.59 Å². The van der Waals surface area contributed by atoms with Gasteiger partial charge in [-0.2, -0.15) is 0 Å². The molecular weight excluding hydrogens is 328 g/mol. The maximum atomic E-state index is 12.0. The van der Waals surface area contributed by atoms with Gasteiger partial charge in [0.15, 0.2) is 12.6 Å². The predicted molar refractivity (Wildman–Crippen MR) is 90.2 cm³/mol. The van der Waals surface area contributed by atoms with Crippen LogP contribution in [0.5, 0.6) is 0 Å². The van der Waals surface area contributed by atoms with Crippen LogP contribution in [0.4, 0.5) is 0 Å². The standard InChI is InChI=1S/C18H26O7/c1-5-6-11-22-12(2)23-13(3)24-14(4)25-18(21)16-9-7-15(8-10-16)17(19)20/h7-10,12-14H,5-6,11H2,1-4H3,(H,19,20). The Hall–Kier alpha value is -1.96. The summed E-state index contributed by atoms with van der Waals surface area (Å²) in [5, 5.41) is 8.84. The molecule has 1 aromatic carbocycles. The molecule has 0 spiro atoms. The van der Waals surface area contributed by atoms with Gasteiger partial charge < -0.3 is 24.1 Å². The van der Waals surface area contributed by atoms with Gasteiger partial charge >= 0.3 is 11.9 Å². The minimum atomic E-state index is -1.06. The topological polar surface area (TPSA) is 91.3 Å². The quantitative estimate of drug-likeness (QED) is 0.370. The van der Waals surface area contributed by atoms with Crippen LogP contribution in [0.1, 0.15) is 61.3 Å². The van der Waals surface area contributed by atoms with E-state index in [4.69, 9.17) is 24.1 Å². The van der Waals surface area contributed by atoms with Crippen molar-refractivity contribution in [3.63, 3.8) is 0 Å². The van der Waals surface area contributed by atoms with Crippen LogP contribution in [0.2, 0.25) is 0 Å². The first-order valence-corrected chi connectivity index (χ1v) is 8.30. The molecule has 3 atom stereocenters. The predicted octanol–water partition coefficient (Wildman–Crippen LogP) is 3.43. The molecule has 7 heteroatoms. The SMILES string of the molecule is CCCCOC(C)OC(C)OC(C)OC(=O)c1ccc(C(=O)O)cc1. The molecule has 140 valence electrons. The van der Waals surface area contributed by atoms with Crippen molar-refractivity contribution in [1.29, 1.82) is 0 Å². The monoisotopic (exact) mass is 354 g/mol. The summed E-state index contributed by atoms with van der Waals surface area (Å²) in [7, 11) is 0. The van der Waals surface area contributed by atoms with E-state index in [0.717, 1.165) is 12.8 Å². The molecule has 0 aliphatic carbocycles. The fraction of sp³-hybridized carbons (Fsp3) is 0.556. The molecule has 0 saturated carbocycles. The highest BCUT2D eigenvalue weighted by Crippen LogP contribution is 2.10. The van der Waals surface area contributed by atoms with Gasteiger partial charge in [0.05, 0.1) is 11.1 Å². The van der Waals surface area contributed by atoms with Crippen molar-refractivity contribution >= 4 is 11.9 Å². The molecule has 25 heavy (non-hydrogen) atoms. The minimum absolute atomic E-state index is 0.0972. The first-order valence-electron chi connectivity index (χ1n) is 8.30. The van der Waals surface area contributed by atoms with Gasteiger partial charge in [-0.15, -0.1) is 0 Å². The third kappa shape index (κ3) is 8.11. The average Bonchev–Trinajstić information content (AvgIpc) is 2.54. The van der Waals surface area contributed by atoms with E-state index in [1.165, 1.54) is 24.3 Å². The molecule has 7 nitrogen and oxygen atoms in total. The lowest BCUT2D eigenvalue weighted by molar-refractivity contribution is -0.269. The van der Waals surface area contributed by atoms with E-state index in [1.54, 1.807) is 20.8 Å². The summed E-state index contributed by atoms with van der Waals surface area (Å²) in [6.45, 7) is 7.72. The second-order valence-electron chi connectivity index (χ2n) is 5.49. The van der Waals surface area contributed by atoms with Crippen molar-refractivity contribution in [2.75, 3.05) is 6.61 Å². The van der Waals surface area contributed by atoms with Gasteiger partial charge in [0.25, 0.3) is 0 Å². The van der Waals surface area contributed by atoms with E-state index >= 15 is 0 Å². The van der Waals surface area contributed by atoms with Crippen molar-refractivity contribution in [2.24, 2.45) is 0 Å². The normalized spacial score (nSPS) is 14.6. The Bertz CT molecular complexity index is 541. The Morgan fingerprint density at radius 2 is 1.52 bits per heavy atom. The Morgan fingerprint density at radius 1 is 0.960 bits per heavy atom. The van der Waals surface area contributed by atoms with Gasteiger partial charge in [0.1, 0.15) is 0 Å². The van der Waals surface area contributed by atoms with Crippen LogP contribution >= 0.6 is 0 Å². The number of carbonyl (C=O) groups is 2. The van der Waals surface area contributed by atoms with Gasteiger partial charge in [-0.3, -0.25) is 0 Å². The van der Waals surface area contributed by atoms with Crippen LogP contribution in [0.25, 0.3) is 0 Å². The van der Waals surface area contributed by atoms with Crippen molar-refractivity contribution < 1.29 is 33.6 Å². The maximum Gasteiger partial charge on any atom is 0.340 e. The Balaban J connectivity index is 2.40. The molecule has 0 fully saturated rings. The van der Waals surface area contributed by atoms with Crippen LogP contribution in [0.15, 0.2) is 24.3 Å². The van der Waals surface area contributed by atoms with Crippen LogP contribution in [0, 0.1) is 0 Å². The lowest BCUT2D eigenvalue weighted by Gasteiger charge is -2.23. The Kier molecular flexibility index (Phi) is 9.12. The highest BCUT2D eigenvalue weighted by molar-refractivity contribution is 5.92. The van der Waals surface area contributed by atoms with Gasteiger partial charge in [0.2, 0.25) is 6.29 Å². The third-order valence-corrected chi connectivity index (χ3v) is 3.26. The van der Waals surface area contributed by atoms with E-state index in [1.807, 2.05) is 0 Å². The van der Waals surface area contributed by atoms with Gasteiger partial charge in [-0.05, 0) is 51.5 Å². The number of carboxylic acids is 1. The molecule has 0 saturated heterocycles. The summed E-state index contributed by atoms with van der Waals surface area (Å²) < 4.78 is 21.6. The molecule has 1 rings (SSSR count). The minimum Gasteiger partial charge on any atom is -0.478 e. The molecular formula is C18H26O7. The first kappa shape index (κ1) is 21.1. The van der Waals surface area contributed by atoms with Crippen LogP contribution in [-0.4, -0.2) is 42.5 Å². The highest BCUT2D eigenvalue weighted by Gasteiger charge is 2.17. The number of ether oxygens (including phenoxy) is 4. The second-order valence-corrected chi connectivity index (χ2v) is 5.49. The van der Waals surface area contributed by atoms with E-state index in [9.17, 15) is 9.59 Å². The number of aromatic carboxylic acids is 1. The number of hydrogen-bond donors (Lipinski definition) is 1. The van der Waals surface area contributed by atoms with Crippen LogP contribution < -0.4 is 0 Å². The lowest BCUT2D eigenvalue weighted by atomic mass is 10.1. The van der Waals surface area contributed by atoms with Gasteiger partial charge in [-0.1, -0.05) is 13.3 Å². The molecule has 1 N–H and O–H groups in total. The fourth-order valence-corrected chi connectivity index (χ4v) is 2.00. The zero-order valence-corrected chi connectivity index (χ0v) is 15.1. The Morgan fingerprint density at radius 3 is 2.08 bits per heavy atom. The van der Waals surface area contributed by atoms with E-state index < -0.39 is 30.8 Å².